The number of hydrogen-bond acceptors (Lipinski definition) is 3. The molecule has 0 amide bonds. The maximum absolute atomic E-state index is 11.3. The first-order valence-electron chi connectivity index (χ1n) is 4.31. The average molecular weight is 167 g/mol. The van der Waals surface area contributed by atoms with E-state index in [4.69, 9.17) is 4.74 Å². The molecule has 66 valence electrons. The summed E-state index contributed by atoms with van der Waals surface area (Å²) in [6, 6.07) is 0.211. The fourth-order valence-electron chi connectivity index (χ4n) is 2.01. The molecule has 1 saturated heterocycles. The van der Waals surface area contributed by atoms with Gasteiger partial charge in [-0.3, -0.25) is 4.79 Å². The SMILES string of the molecule is COC(=O)C1CC2C=CC1NC2. The summed E-state index contributed by atoms with van der Waals surface area (Å²) < 4.78 is 4.73. The fraction of sp³-hybridized carbons (Fsp3) is 0.667. The molecule has 1 fully saturated rings. The van der Waals surface area contributed by atoms with E-state index in [0.29, 0.717) is 5.92 Å². The quantitative estimate of drug-likeness (QED) is 0.451. The van der Waals surface area contributed by atoms with Crippen molar-refractivity contribution in [2.45, 2.75) is 12.5 Å². The molecule has 12 heavy (non-hydrogen) atoms. The fourth-order valence-corrected chi connectivity index (χ4v) is 2.01. The van der Waals surface area contributed by atoms with E-state index in [1.54, 1.807) is 0 Å². The third-order valence-corrected chi connectivity index (χ3v) is 2.70. The summed E-state index contributed by atoms with van der Waals surface area (Å²) in [5.41, 5.74) is 0. The topological polar surface area (TPSA) is 38.3 Å². The van der Waals surface area contributed by atoms with Crippen molar-refractivity contribution < 1.29 is 9.53 Å². The van der Waals surface area contributed by atoms with E-state index < -0.39 is 0 Å². The zero-order valence-electron chi connectivity index (χ0n) is 7.12. The molecule has 3 aliphatic rings. The summed E-state index contributed by atoms with van der Waals surface area (Å²) in [7, 11) is 1.45. The number of carbonyl (C=O) groups excluding carboxylic acids is 1. The van der Waals surface area contributed by atoms with Gasteiger partial charge in [0, 0.05) is 12.6 Å². The molecular weight excluding hydrogens is 154 g/mol. The number of fused-ring (bicyclic) bond motifs is 2. The van der Waals surface area contributed by atoms with Gasteiger partial charge in [0.1, 0.15) is 0 Å². The Morgan fingerprint density at radius 1 is 1.58 bits per heavy atom. The van der Waals surface area contributed by atoms with Crippen molar-refractivity contribution in [3.05, 3.63) is 12.2 Å². The monoisotopic (exact) mass is 167 g/mol. The number of rotatable bonds is 1. The van der Waals surface area contributed by atoms with E-state index in [1.165, 1.54) is 7.11 Å². The lowest BCUT2D eigenvalue weighted by molar-refractivity contribution is -0.147. The van der Waals surface area contributed by atoms with Gasteiger partial charge in [0.2, 0.25) is 0 Å². The van der Waals surface area contributed by atoms with Gasteiger partial charge >= 0.3 is 5.97 Å². The second-order valence-electron chi connectivity index (χ2n) is 3.44. The molecule has 0 saturated carbocycles. The van der Waals surface area contributed by atoms with Crippen LogP contribution in [-0.4, -0.2) is 25.7 Å². The van der Waals surface area contributed by atoms with Crippen LogP contribution >= 0.6 is 0 Å². The van der Waals surface area contributed by atoms with Crippen LogP contribution in [0.3, 0.4) is 0 Å². The van der Waals surface area contributed by atoms with Gasteiger partial charge < -0.3 is 10.1 Å². The molecule has 3 heteroatoms. The number of ether oxygens (including phenoxy) is 1. The normalized spacial score (nSPS) is 38.2. The predicted molar refractivity (Wildman–Crippen MR) is 44.5 cm³/mol. The molecule has 3 rings (SSSR count). The van der Waals surface area contributed by atoms with E-state index in [0.717, 1.165) is 13.0 Å². The lowest BCUT2D eigenvalue weighted by Gasteiger charge is -2.37. The summed E-state index contributed by atoms with van der Waals surface area (Å²) in [6.07, 6.45) is 5.22. The summed E-state index contributed by atoms with van der Waals surface area (Å²) >= 11 is 0. The van der Waals surface area contributed by atoms with Crippen LogP contribution in [-0.2, 0) is 9.53 Å². The van der Waals surface area contributed by atoms with E-state index in [1.807, 2.05) is 0 Å². The zero-order valence-corrected chi connectivity index (χ0v) is 7.12. The number of hydrogen-bond donors (Lipinski definition) is 1. The molecule has 1 aliphatic carbocycles. The Bertz CT molecular complexity index is 225. The second kappa shape index (κ2) is 2.90. The Labute approximate surface area is 71.8 Å². The lowest BCUT2D eigenvalue weighted by atomic mass is 9.79. The minimum atomic E-state index is -0.0819. The first-order chi connectivity index (χ1) is 5.81. The Morgan fingerprint density at radius 3 is 2.83 bits per heavy atom. The van der Waals surface area contributed by atoms with Crippen molar-refractivity contribution >= 4 is 5.97 Å². The first-order valence-corrected chi connectivity index (χ1v) is 4.31. The molecule has 2 bridgehead atoms. The number of piperidine rings is 1. The van der Waals surface area contributed by atoms with Crippen molar-refractivity contribution in [2.75, 3.05) is 13.7 Å². The van der Waals surface area contributed by atoms with Gasteiger partial charge in [0.05, 0.1) is 13.0 Å². The van der Waals surface area contributed by atoms with Crippen LogP contribution in [0.25, 0.3) is 0 Å². The minimum absolute atomic E-state index is 0.0405. The summed E-state index contributed by atoms with van der Waals surface area (Å²) in [4.78, 5) is 11.3. The highest BCUT2D eigenvalue weighted by atomic mass is 16.5. The van der Waals surface area contributed by atoms with E-state index in [-0.39, 0.29) is 17.9 Å². The predicted octanol–water partition coefficient (Wildman–Crippen LogP) is 0.323. The number of methoxy groups -OCH3 is 1. The van der Waals surface area contributed by atoms with Crippen LogP contribution in [0.15, 0.2) is 12.2 Å². The molecule has 1 N–H and O–H groups in total. The Morgan fingerprint density at radius 2 is 2.42 bits per heavy atom. The number of esters is 1. The third-order valence-electron chi connectivity index (χ3n) is 2.70. The highest BCUT2D eigenvalue weighted by molar-refractivity contribution is 5.74. The molecule has 0 aromatic carbocycles. The smallest absolute Gasteiger partial charge is 0.310 e. The van der Waals surface area contributed by atoms with Crippen molar-refractivity contribution in [1.29, 1.82) is 0 Å². The largest absolute Gasteiger partial charge is 0.469 e. The van der Waals surface area contributed by atoms with E-state index >= 15 is 0 Å². The standard InChI is InChI=1S/C9H13NO2/c1-12-9(11)7-4-6-2-3-8(7)10-5-6/h2-3,6-8,10H,4-5H2,1H3. The van der Waals surface area contributed by atoms with Gasteiger partial charge in [-0.05, 0) is 12.3 Å². The zero-order chi connectivity index (χ0) is 8.55. The molecule has 2 heterocycles. The number of carbonyl (C=O) groups is 1. The molecule has 0 aromatic rings. The number of nitrogens with one attached hydrogen (secondary N) is 1. The first kappa shape index (κ1) is 7.80. The van der Waals surface area contributed by atoms with Gasteiger partial charge in [-0.15, -0.1) is 0 Å². The van der Waals surface area contributed by atoms with Crippen LogP contribution in [0.2, 0.25) is 0 Å². The van der Waals surface area contributed by atoms with E-state index in [2.05, 4.69) is 17.5 Å². The molecule has 2 aliphatic heterocycles. The van der Waals surface area contributed by atoms with Crippen molar-refractivity contribution in [3.8, 4) is 0 Å². The van der Waals surface area contributed by atoms with Gasteiger partial charge in [-0.1, -0.05) is 12.2 Å². The van der Waals surface area contributed by atoms with Gasteiger partial charge in [-0.25, -0.2) is 0 Å². The van der Waals surface area contributed by atoms with Crippen LogP contribution in [0.4, 0.5) is 0 Å². The van der Waals surface area contributed by atoms with Crippen LogP contribution < -0.4 is 5.32 Å². The average Bonchev–Trinajstić information content (AvgIpc) is 2.18. The molecule has 0 aromatic heterocycles. The van der Waals surface area contributed by atoms with Gasteiger partial charge in [0.15, 0.2) is 0 Å². The Balaban J connectivity index is 2.11. The Hall–Kier alpha value is -0.830. The van der Waals surface area contributed by atoms with Crippen molar-refractivity contribution in [2.24, 2.45) is 11.8 Å². The van der Waals surface area contributed by atoms with Crippen LogP contribution in [0, 0.1) is 11.8 Å². The molecule has 3 atom stereocenters. The summed E-state index contributed by atoms with van der Waals surface area (Å²) in [6.45, 7) is 1.01. The molecule has 3 nitrogen and oxygen atoms in total. The van der Waals surface area contributed by atoms with Crippen LogP contribution in [0.1, 0.15) is 6.42 Å². The maximum Gasteiger partial charge on any atom is 0.310 e. The van der Waals surface area contributed by atoms with Crippen molar-refractivity contribution in [1.82, 2.24) is 5.32 Å². The van der Waals surface area contributed by atoms with Gasteiger partial charge in [0.25, 0.3) is 0 Å². The summed E-state index contributed by atoms with van der Waals surface area (Å²) in [5, 5.41) is 3.30. The molecule has 0 radical (unpaired) electrons. The molecular formula is C9H13NO2. The maximum atomic E-state index is 11.3. The van der Waals surface area contributed by atoms with Crippen molar-refractivity contribution in [3.63, 3.8) is 0 Å². The summed E-state index contributed by atoms with van der Waals surface area (Å²) in [5.74, 6) is 0.486. The van der Waals surface area contributed by atoms with Gasteiger partial charge in [-0.2, -0.15) is 0 Å². The third kappa shape index (κ3) is 1.14. The highest BCUT2D eigenvalue weighted by Gasteiger charge is 2.36. The highest BCUT2D eigenvalue weighted by Crippen LogP contribution is 2.28. The molecule has 0 spiro atoms. The van der Waals surface area contributed by atoms with E-state index in [9.17, 15) is 4.79 Å². The molecule has 3 unspecified atom stereocenters. The van der Waals surface area contributed by atoms with Crippen LogP contribution in [0.5, 0.6) is 0 Å². The second-order valence-corrected chi connectivity index (χ2v) is 3.44. The lowest BCUT2D eigenvalue weighted by Crippen LogP contribution is -2.50. The Kier molecular flexibility index (Phi) is 1.89. The minimum Gasteiger partial charge on any atom is -0.469 e.